The Hall–Kier alpha value is -4.77. The summed E-state index contributed by atoms with van der Waals surface area (Å²) in [4.78, 5) is 19.3. The fraction of sp³-hybridized carbons (Fsp3) is 0.154. The van der Waals surface area contributed by atoms with Crippen LogP contribution in [0.1, 0.15) is 18.4 Å². The molecule has 37 heavy (non-hydrogen) atoms. The van der Waals surface area contributed by atoms with Crippen LogP contribution in [0.4, 0.5) is 4.39 Å². The third kappa shape index (κ3) is 4.47. The number of carbonyl (C=O) groups excluding carboxylic acids is 1. The van der Waals surface area contributed by atoms with E-state index in [4.69, 9.17) is 9.26 Å². The third-order valence-electron chi connectivity index (χ3n) is 6.14. The zero-order valence-electron chi connectivity index (χ0n) is 19.4. The van der Waals surface area contributed by atoms with Crippen LogP contribution in [0.15, 0.2) is 77.6 Å². The van der Waals surface area contributed by atoms with Gasteiger partial charge in [-0.2, -0.15) is 4.98 Å². The highest BCUT2D eigenvalue weighted by Gasteiger charge is 2.44. The van der Waals surface area contributed by atoms with Crippen LogP contribution in [0.2, 0.25) is 0 Å². The molecule has 0 radical (unpaired) electrons. The average molecular weight is 497 g/mol. The largest absolute Gasteiger partial charge is 0.446 e. The number of halogens is 1. The number of hydrogen-bond donors (Lipinski definition) is 1. The second-order valence-electron chi connectivity index (χ2n) is 8.57. The number of ether oxygens (including phenoxy) is 1. The van der Waals surface area contributed by atoms with E-state index in [1.54, 1.807) is 42.7 Å². The molecule has 0 bridgehead atoms. The van der Waals surface area contributed by atoms with Gasteiger partial charge in [0.05, 0.1) is 0 Å². The van der Waals surface area contributed by atoms with Gasteiger partial charge in [-0.25, -0.2) is 9.07 Å². The highest BCUT2D eigenvalue weighted by atomic mass is 19.1. The molecular weight excluding hydrogens is 477 g/mol. The summed E-state index contributed by atoms with van der Waals surface area (Å²) in [6.07, 6.45) is 4.87. The monoisotopic (exact) mass is 497 g/mol. The summed E-state index contributed by atoms with van der Waals surface area (Å²) in [5.74, 6) is 0.0794. The lowest BCUT2D eigenvalue weighted by atomic mass is 10.1. The van der Waals surface area contributed by atoms with Gasteiger partial charge in [0.15, 0.2) is 11.4 Å². The molecule has 0 atom stereocenters. The smallest absolute Gasteiger partial charge is 0.294 e. The van der Waals surface area contributed by atoms with Crippen LogP contribution in [-0.2, 0) is 16.1 Å². The predicted octanol–water partition coefficient (Wildman–Crippen LogP) is 3.94. The maximum Gasteiger partial charge on any atom is 0.294 e. The summed E-state index contributed by atoms with van der Waals surface area (Å²) in [5.41, 5.74) is 2.99. The van der Waals surface area contributed by atoms with Crippen molar-refractivity contribution in [3.8, 4) is 39.9 Å². The summed E-state index contributed by atoms with van der Waals surface area (Å²) in [7, 11) is 0. The first-order valence-electron chi connectivity index (χ1n) is 11.6. The van der Waals surface area contributed by atoms with Gasteiger partial charge in [0.1, 0.15) is 17.2 Å². The van der Waals surface area contributed by atoms with Crippen LogP contribution in [0.5, 0.6) is 0 Å². The zero-order chi connectivity index (χ0) is 25.2. The van der Waals surface area contributed by atoms with E-state index in [2.05, 4.69) is 30.8 Å². The molecule has 1 aliphatic rings. The molecule has 1 saturated carbocycles. The SMILES string of the molecule is O=COC1(NCc2ccc(-c3noc(-c4nnn(-c5ccccc5F)c4-c4ccncc4)n3)cc2)CC1. The maximum absolute atomic E-state index is 14.6. The van der Waals surface area contributed by atoms with Gasteiger partial charge in [0.25, 0.3) is 12.4 Å². The molecule has 5 aromatic rings. The van der Waals surface area contributed by atoms with E-state index in [1.165, 1.54) is 10.7 Å². The molecule has 0 aliphatic heterocycles. The number of hydrogen-bond acceptors (Lipinski definition) is 9. The van der Waals surface area contributed by atoms with E-state index in [0.717, 1.165) is 24.0 Å². The third-order valence-corrected chi connectivity index (χ3v) is 6.14. The molecule has 10 nitrogen and oxygen atoms in total. The van der Waals surface area contributed by atoms with Crippen molar-refractivity contribution < 1.29 is 18.4 Å². The molecule has 2 aromatic carbocycles. The Labute approximate surface area is 210 Å². The normalized spacial score (nSPS) is 13.9. The highest BCUT2D eigenvalue weighted by molar-refractivity contribution is 5.76. The van der Waals surface area contributed by atoms with Crippen LogP contribution in [0.25, 0.3) is 39.9 Å². The van der Waals surface area contributed by atoms with Gasteiger partial charge in [-0.3, -0.25) is 15.1 Å². The molecule has 0 amide bonds. The Kier molecular flexibility index (Phi) is 5.73. The van der Waals surface area contributed by atoms with Crippen molar-refractivity contribution >= 4 is 6.47 Å². The Morgan fingerprint density at radius 3 is 2.57 bits per heavy atom. The van der Waals surface area contributed by atoms with Crippen LogP contribution >= 0.6 is 0 Å². The number of aromatic nitrogens is 6. The van der Waals surface area contributed by atoms with Crippen molar-refractivity contribution in [1.29, 1.82) is 0 Å². The Balaban J connectivity index is 1.29. The predicted molar refractivity (Wildman–Crippen MR) is 129 cm³/mol. The van der Waals surface area contributed by atoms with Crippen molar-refractivity contribution in [2.75, 3.05) is 0 Å². The second-order valence-corrected chi connectivity index (χ2v) is 8.57. The summed E-state index contributed by atoms with van der Waals surface area (Å²) in [5, 5.41) is 15.8. The minimum Gasteiger partial charge on any atom is -0.446 e. The number of pyridine rings is 1. The van der Waals surface area contributed by atoms with Crippen LogP contribution in [-0.4, -0.2) is 42.3 Å². The van der Waals surface area contributed by atoms with E-state index < -0.39 is 11.5 Å². The van der Waals surface area contributed by atoms with Gasteiger partial charge in [-0.05, 0) is 29.8 Å². The van der Waals surface area contributed by atoms with Gasteiger partial charge < -0.3 is 9.26 Å². The van der Waals surface area contributed by atoms with E-state index in [0.29, 0.717) is 35.8 Å². The molecule has 0 spiro atoms. The summed E-state index contributed by atoms with van der Waals surface area (Å²) >= 11 is 0. The Bertz CT molecular complexity index is 1550. The van der Waals surface area contributed by atoms with E-state index in [1.807, 2.05) is 24.3 Å². The van der Waals surface area contributed by atoms with Crippen molar-refractivity contribution in [2.45, 2.75) is 25.1 Å². The number of carbonyl (C=O) groups is 1. The minimum atomic E-state index is -0.532. The number of rotatable bonds is 9. The van der Waals surface area contributed by atoms with Crippen molar-refractivity contribution in [3.63, 3.8) is 0 Å². The first-order chi connectivity index (χ1) is 18.2. The number of nitrogens with zero attached hydrogens (tertiary/aromatic N) is 6. The molecule has 1 fully saturated rings. The quantitative estimate of drug-likeness (QED) is 0.238. The first kappa shape index (κ1) is 22.7. The maximum atomic E-state index is 14.6. The average Bonchev–Trinajstić information content (AvgIpc) is 3.32. The number of benzene rings is 2. The number of nitrogens with one attached hydrogen (secondary N) is 1. The van der Waals surface area contributed by atoms with Crippen LogP contribution < -0.4 is 5.32 Å². The van der Waals surface area contributed by atoms with E-state index >= 15 is 0 Å². The summed E-state index contributed by atoms with van der Waals surface area (Å²) < 4.78 is 26.7. The molecule has 3 aromatic heterocycles. The molecule has 11 heteroatoms. The summed E-state index contributed by atoms with van der Waals surface area (Å²) in [6.45, 7) is 1.03. The molecule has 0 unspecified atom stereocenters. The standard InChI is InChI=1S/C26H20FN7O3/c27-20-3-1-2-4-21(20)34-23(18-9-13-28-14-10-18)22(31-33-34)25-30-24(32-37-25)19-7-5-17(6-8-19)15-29-26(11-12-26)36-16-35/h1-10,13-14,16,29H,11-12,15H2. The Morgan fingerprint density at radius 2 is 1.84 bits per heavy atom. The first-order valence-corrected chi connectivity index (χ1v) is 11.6. The highest BCUT2D eigenvalue weighted by Crippen LogP contribution is 2.36. The van der Waals surface area contributed by atoms with Gasteiger partial charge in [-0.15, -0.1) is 5.10 Å². The zero-order valence-corrected chi connectivity index (χ0v) is 19.4. The molecule has 3 heterocycles. The van der Waals surface area contributed by atoms with E-state index in [-0.39, 0.29) is 11.6 Å². The topological polar surface area (TPSA) is 121 Å². The minimum absolute atomic E-state index is 0.150. The van der Waals surface area contributed by atoms with Crippen molar-refractivity contribution in [2.24, 2.45) is 0 Å². The van der Waals surface area contributed by atoms with Crippen LogP contribution in [0.3, 0.4) is 0 Å². The lowest BCUT2D eigenvalue weighted by Crippen LogP contribution is -2.33. The van der Waals surface area contributed by atoms with Gasteiger partial charge in [-0.1, -0.05) is 46.8 Å². The fourth-order valence-electron chi connectivity index (χ4n) is 4.00. The molecular formula is C26H20FN7O3. The van der Waals surface area contributed by atoms with Gasteiger partial charge in [0.2, 0.25) is 5.82 Å². The number of para-hydroxylation sites is 1. The summed E-state index contributed by atoms with van der Waals surface area (Å²) in [6, 6.07) is 17.5. The van der Waals surface area contributed by atoms with Gasteiger partial charge >= 0.3 is 0 Å². The fourth-order valence-corrected chi connectivity index (χ4v) is 4.00. The Morgan fingerprint density at radius 1 is 1.05 bits per heavy atom. The molecule has 1 aliphatic carbocycles. The van der Waals surface area contributed by atoms with Gasteiger partial charge in [0, 0.05) is 42.9 Å². The molecule has 1 N–H and O–H groups in total. The van der Waals surface area contributed by atoms with Crippen molar-refractivity contribution in [3.05, 3.63) is 84.4 Å². The van der Waals surface area contributed by atoms with Crippen LogP contribution in [0, 0.1) is 5.82 Å². The molecule has 184 valence electrons. The molecule has 6 rings (SSSR count). The lowest BCUT2D eigenvalue weighted by Gasteiger charge is -2.15. The second kappa shape index (κ2) is 9.36. The lowest BCUT2D eigenvalue weighted by molar-refractivity contribution is -0.137. The van der Waals surface area contributed by atoms with E-state index in [9.17, 15) is 9.18 Å². The van der Waals surface area contributed by atoms with Crippen molar-refractivity contribution in [1.82, 2.24) is 35.4 Å². The molecule has 0 saturated heterocycles.